The number of hydrogen-bond donors (Lipinski definition) is 4. The summed E-state index contributed by atoms with van der Waals surface area (Å²) in [4.78, 5) is 38.1. The topological polar surface area (TPSA) is 111 Å². The van der Waals surface area contributed by atoms with Gasteiger partial charge in [-0.1, -0.05) is 39.0 Å². The van der Waals surface area contributed by atoms with Crippen LogP contribution in [0.25, 0.3) is 0 Å². The molecule has 0 aromatic heterocycles. The summed E-state index contributed by atoms with van der Waals surface area (Å²) >= 11 is 0. The summed E-state index contributed by atoms with van der Waals surface area (Å²) in [5.74, 6) is -1.18. The van der Waals surface area contributed by atoms with Crippen LogP contribution < -0.4 is 16.1 Å². The quantitative estimate of drug-likeness (QED) is 0.266. The Bertz CT molecular complexity index is 444. The van der Waals surface area contributed by atoms with Gasteiger partial charge < -0.3 is 15.5 Å². The monoisotopic (exact) mass is 356 g/mol. The van der Waals surface area contributed by atoms with Crippen molar-refractivity contribution in [3.05, 3.63) is 0 Å². The van der Waals surface area contributed by atoms with Crippen LogP contribution in [0.5, 0.6) is 0 Å². The second kappa shape index (κ2) is 11.8. The number of carbonyl (C=O) groups excluding carboxylic acids is 3. The second-order valence-corrected chi connectivity index (χ2v) is 6.51. The number of urea groups is 1. The van der Waals surface area contributed by atoms with E-state index in [9.17, 15) is 14.4 Å². The highest BCUT2D eigenvalue weighted by Crippen LogP contribution is 2.20. The SMILES string of the molecule is CCCCCCC[C@H](CC(=O)NO)C(=O)[C@@H]1CNCCN1C(=O)NC. The van der Waals surface area contributed by atoms with Crippen LogP contribution in [-0.4, -0.2) is 60.6 Å². The number of hydroxylamine groups is 1. The Labute approximate surface area is 149 Å². The van der Waals surface area contributed by atoms with Gasteiger partial charge in [-0.05, 0) is 6.42 Å². The molecule has 0 saturated carbocycles. The van der Waals surface area contributed by atoms with Gasteiger partial charge in [0, 0.05) is 39.0 Å². The summed E-state index contributed by atoms with van der Waals surface area (Å²) in [5, 5.41) is 14.5. The van der Waals surface area contributed by atoms with Crippen LogP contribution in [0.2, 0.25) is 0 Å². The molecule has 4 N–H and O–H groups in total. The zero-order chi connectivity index (χ0) is 18.7. The van der Waals surface area contributed by atoms with Crippen molar-refractivity contribution in [1.82, 2.24) is 21.0 Å². The van der Waals surface area contributed by atoms with E-state index in [2.05, 4.69) is 17.6 Å². The molecule has 1 fully saturated rings. The van der Waals surface area contributed by atoms with E-state index in [4.69, 9.17) is 5.21 Å². The Morgan fingerprint density at radius 2 is 1.96 bits per heavy atom. The maximum absolute atomic E-state index is 13.0. The van der Waals surface area contributed by atoms with Gasteiger partial charge in [-0.2, -0.15) is 0 Å². The minimum absolute atomic E-state index is 0.0544. The lowest BCUT2D eigenvalue weighted by atomic mass is 9.88. The normalized spacial score (nSPS) is 18.5. The highest BCUT2D eigenvalue weighted by molar-refractivity contribution is 5.93. The number of amides is 3. The fourth-order valence-corrected chi connectivity index (χ4v) is 3.23. The van der Waals surface area contributed by atoms with E-state index >= 15 is 0 Å². The van der Waals surface area contributed by atoms with Crippen molar-refractivity contribution in [1.29, 1.82) is 0 Å². The van der Waals surface area contributed by atoms with Gasteiger partial charge in [0.25, 0.3) is 0 Å². The average molecular weight is 356 g/mol. The Morgan fingerprint density at radius 3 is 2.60 bits per heavy atom. The van der Waals surface area contributed by atoms with Crippen LogP contribution in [0.1, 0.15) is 51.9 Å². The first-order chi connectivity index (χ1) is 12.0. The molecule has 0 bridgehead atoms. The number of carbonyl (C=O) groups is 3. The molecule has 144 valence electrons. The van der Waals surface area contributed by atoms with Gasteiger partial charge in [0.15, 0.2) is 5.78 Å². The molecule has 1 rings (SSSR count). The van der Waals surface area contributed by atoms with Crippen LogP contribution in [0.3, 0.4) is 0 Å². The van der Waals surface area contributed by atoms with Crippen molar-refractivity contribution in [2.45, 2.75) is 57.9 Å². The van der Waals surface area contributed by atoms with Gasteiger partial charge >= 0.3 is 6.03 Å². The summed E-state index contributed by atoms with van der Waals surface area (Å²) in [6, 6.07) is -0.867. The molecule has 8 heteroatoms. The fourth-order valence-electron chi connectivity index (χ4n) is 3.23. The molecular formula is C17H32N4O4. The summed E-state index contributed by atoms with van der Waals surface area (Å²) in [7, 11) is 1.54. The molecule has 0 radical (unpaired) electrons. The van der Waals surface area contributed by atoms with E-state index < -0.39 is 17.9 Å². The van der Waals surface area contributed by atoms with E-state index in [-0.39, 0.29) is 18.2 Å². The molecule has 8 nitrogen and oxygen atoms in total. The van der Waals surface area contributed by atoms with Crippen molar-refractivity contribution in [3.8, 4) is 0 Å². The summed E-state index contributed by atoms with van der Waals surface area (Å²) in [6.45, 7) is 3.61. The van der Waals surface area contributed by atoms with Crippen molar-refractivity contribution < 1.29 is 19.6 Å². The number of rotatable bonds is 10. The van der Waals surface area contributed by atoms with E-state index in [0.29, 0.717) is 26.1 Å². The third-order valence-corrected chi connectivity index (χ3v) is 4.66. The van der Waals surface area contributed by atoms with Crippen molar-refractivity contribution in [3.63, 3.8) is 0 Å². The van der Waals surface area contributed by atoms with Crippen molar-refractivity contribution in [2.24, 2.45) is 5.92 Å². The van der Waals surface area contributed by atoms with Crippen LogP contribution in [-0.2, 0) is 9.59 Å². The Morgan fingerprint density at radius 1 is 1.24 bits per heavy atom. The van der Waals surface area contributed by atoms with Gasteiger partial charge in [-0.3, -0.25) is 14.8 Å². The Kier molecular flexibility index (Phi) is 10.1. The smallest absolute Gasteiger partial charge is 0.317 e. The highest BCUT2D eigenvalue weighted by atomic mass is 16.5. The number of nitrogens with zero attached hydrogens (tertiary/aromatic N) is 1. The lowest BCUT2D eigenvalue weighted by Gasteiger charge is -2.36. The van der Waals surface area contributed by atoms with E-state index in [0.717, 1.165) is 32.1 Å². The summed E-state index contributed by atoms with van der Waals surface area (Å²) in [5.41, 5.74) is 1.61. The van der Waals surface area contributed by atoms with Crippen LogP contribution >= 0.6 is 0 Å². The van der Waals surface area contributed by atoms with E-state index in [1.54, 1.807) is 5.48 Å². The lowest BCUT2D eigenvalue weighted by molar-refractivity contribution is -0.136. The lowest BCUT2D eigenvalue weighted by Crippen LogP contribution is -2.60. The average Bonchev–Trinajstić information content (AvgIpc) is 2.65. The second-order valence-electron chi connectivity index (χ2n) is 6.51. The molecule has 2 atom stereocenters. The first kappa shape index (κ1) is 21.4. The number of nitrogens with one attached hydrogen (secondary N) is 3. The molecule has 0 spiro atoms. The van der Waals surface area contributed by atoms with Gasteiger partial charge in [-0.15, -0.1) is 0 Å². The third kappa shape index (κ3) is 6.99. The Balaban J connectivity index is 2.74. The number of ketones is 1. The van der Waals surface area contributed by atoms with Crippen LogP contribution in [0.15, 0.2) is 0 Å². The maximum atomic E-state index is 13.0. The van der Waals surface area contributed by atoms with Crippen molar-refractivity contribution >= 4 is 17.7 Å². The molecule has 25 heavy (non-hydrogen) atoms. The minimum Gasteiger partial charge on any atom is -0.341 e. The molecule has 0 aromatic rings. The zero-order valence-corrected chi connectivity index (χ0v) is 15.3. The number of piperazine rings is 1. The number of hydrogen-bond acceptors (Lipinski definition) is 5. The van der Waals surface area contributed by atoms with Gasteiger partial charge in [-0.25, -0.2) is 10.3 Å². The number of unbranched alkanes of at least 4 members (excludes halogenated alkanes) is 4. The van der Waals surface area contributed by atoms with Crippen molar-refractivity contribution in [2.75, 3.05) is 26.7 Å². The zero-order valence-electron chi connectivity index (χ0n) is 15.3. The minimum atomic E-state index is -0.583. The first-order valence-electron chi connectivity index (χ1n) is 9.20. The van der Waals surface area contributed by atoms with E-state index in [1.807, 2.05) is 0 Å². The standard InChI is InChI=1S/C17H32N4O4/c1-3-4-5-6-7-8-13(11-15(22)20-25)16(23)14-12-19-9-10-21(14)17(24)18-2/h13-14,19,25H,3-12H2,1-2H3,(H,18,24)(H,20,22)/t13-,14+/m1/s1. The highest BCUT2D eigenvalue weighted by Gasteiger charge is 2.36. The van der Waals surface area contributed by atoms with Crippen LogP contribution in [0, 0.1) is 5.92 Å². The molecule has 1 aliphatic heterocycles. The predicted molar refractivity (Wildman–Crippen MR) is 94.2 cm³/mol. The summed E-state index contributed by atoms with van der Waals surface area (Å²) in [6.07, 6.45) is 5.82. The molecular weight excluding hydrogens is 324 g/mol. The van der Waals surface area contributed by atoms with Crippen LogP contribution in [0.4, 0.5) is 4.79 Å². The molecule has 0 aliphatic carbocycles. The predicted octanol–water partition coefficient (Wildman–Crippen LogP) is 1.04. The molecule has 1 saturated heterocycles. The molecule has 1 heterocycles. The largest absolute Gasteiger partial charge is 0.341 e. The van der Waals surface area contributed by atoms with Gasteiger partial charge in [0.05, 0.1) is 0 Å². The first-order valence-corrected chi connectivity index (χ1v) is 9.20. The third-order valence-electron chi connectivity index (χ3n) is 4.66. The fraction of sp³-hybridized carbons (Fsp3) is 0.824. The van der Waals surface area contributed by atoms with Gasteiger partial charge in [0.2, 0.25) is 5.91 Å². The van der Waals surface area contributed by atoms with E-state index in [1.165, 1.54) is 11.9 Å². The Hall–Kier alpha value is -1.67. The molecule has 0 unspecified atom stereocenters. The molecule has 3 amide bonds. The number of Topliss-reactive ketones (excluding diaryl/α,β-unsaturated/α-hetero) is 1. The van der Waals surface area contributed by atoms with Gasteiger partial charge in [0.1, 0.15) is 6.04 Å². The molecule has 0 aromatic carbocycles. The maximum Gasteiger partial charge on any atom is 0.317 e. The summed E-state index contributed by atoms with van der Waals surface area (Å²) < 4.78 is 0. The molecule has 1 aliphatic rings.